The van der Waals surface area contributed by atoms with Gasteiger partial charge in [-0.3, -0.25) is 4.79 Å². The predicted octanol–water partition coefficient (Wildman–Crippen LogP) is 1.85. The molecule has 0 aromatic heterocycles. The van der Waals surface area contributed by atoms with Crippen molar-refractivity contribution in [1.82, 2.24) is 0 Å². The highest BCUT2D eigenvalue weighted by atomic mass is 32.2. The molecule has 23 heavy (non-hydrogen) atoms. The minimum Gasteiger partial charge on any atom is -0.462 e. The number of rotatable bonds is 4. The molecule has 4 fully saturated rings. The van der Waals surface area contributed by atoms with E-state index in [9.17, 15) is 22.6 Å². The van der Waals surface area contributed by atoms with Crippen LogP contribution in [0.25, 0.3) is 0 Å². The van der Waals surface area contributed by atoms with Crippen LogP contribution in [0.2, 0.25) is 0 Å². The lowest BCUT2D eigenvalue weighted by Gasteiger charge is -2.58. The van der Waals surface area contributed by atoms with Crippen molar-refractivity contribution in [3.8, 4) is 0 Å². The zero-order valence-electron chi connectivity index (χ0n) is 12.5. The van der Waals surface area contributed by atoms with Crippen molar-refractivity contribution in [2.75, 3.05) is 0 Å². The Balaban J connectivity index is 1.76. The lowest BCUT2D eigenvalue weighted by Crippen LogP contribution is -2.60. The van der Waals surface area contributed by atoms with Crippen LogP contribution in [0.15, 0.2) is 0 Å². The van der Waals surface area contributed by atoms with E-state index in [-0.39, 0.29) is 29.8 Å². The van der Waals surface area contributed by atoms with E-state index in [2.05, 4.69) is 0 Å². The molecule has 0 heterocycles. The van der Waals surface area contributed by atoms with Crippen molar-refractivity contribution >= 4 is 23.0 Å². The van der Waals surface area contributed by atoms with Crippen LogP contribution in [0.5, 0.6) is 0 Å². The van der Waals surface area contributed by atoms with E-state index in [1.807, 2.05) is 0 Å². The third kappa shape index (κ3) is 2.88. The first kappa shape index (κ1) is 16.8. The maximum absolute atomic E-state index is 13.4. The normalized spacial score (nSPS) is 39.8. The number of halogens is 2. The summed E-state index contributed by atoms with van der Waals surface area (Å²) in [6.07, 6.45) is 2.54. The Kier molecular flexibility index (Phi) is 3.99. The van der Waals surface area contributed by atoms with E-state index in [4.69, 9.17) is 14.0 Å². The number of hydrogen-bond acceptors (Lipinski definition) is 5. The highest BCUT2D eigenvalue weighted by Crippen LogP contribution is 2.58. The van der Waals surface area contributed by atoms with Gasteiger partial charge < -0.3 is 14.0 Å². The summed E-state index contributed by atoms with van der Waals surface area (Å²) in [5, 5.41) is -4.43. The average molecular weight is 352 g/mol. The molecule has 3 unspecified atom stereocenters. The SMILES string of the molecule is CC(=O)OC1C2CC3CC1CC(OC(=O)C(F)(F)S(=O)O)(C3)C2. The van der Waals surface area contributed by atoms with Gasteiger partial charge in [-0.25, -0.2) is 9.00 Å². The lowest BCUT2D eigenvalue weighted by atomic mass is 9.53. The summed E-state index contributed by atoms with van der Waals surface area (Å²) in [7, 11) is 0. The molecule has 1 N–H and O–H groups in total. The molecule has 0 amide bonds. The van der Waals surface area contributed by atoms with Gasteiger partial charge in [0.1, 0.15) is 11.7 Å². The summed E-state index contributed by atoms with van der Waals surface area (Å²) in [5.41, 5.74) is -1.03. The highest BCUT2D eigenvalue weighted by molar-refractivity contribution is 7.81. The fourth-order valence-electron chi connectivity index (χ4n) is 4.74. The first-order chi connectivity index (χ1) is 10.6. The van der Waals surface area contributed by atoms with Crippen molar-refractivity contribution < 1.29 is 36.6 Å². The summed E-state index contributed by atoms with van der Waals surface area (Å²) in [4.78, 5) is 22.9. The molecule has 4 aliphatic carbocycles. The molecular formula is C14H18F2O6S. The highest BCUT2D eigenvalue weighted by Gasteiger charge is 2.60. The number of hydrogen-bond donors (Lipinski definition) is 1. The molecule has 0 aromatic carbocycles. The van der Waals surface area contributed by atoms with E-state index in [1.54, 1.807) is 0 Å². The van der Waals surface area contributed by atoms with Crippen molar-refractivity contribution in [1.29, 1.82) is 0 Å². The predicted molar refractivity (Wildman–Crippen MR) is 73.7 cm³/mol. The third-order valence-corrected chi connectivity index (χ3v) is 5.80. The Morgan fingerprint density at radius 1 is 1.22 bits per heavy atom. The Bertz CT molecular complexity index is 549. The monoisotopic (exact) mass is 352 g/mol. The van der Waals surface area contributed by atoms with Crippen LogP contribution >= 0.6 is 0 Å². The van der Waals surface area contributed by atoms with E-state index < -0.39 is 27.9 Å². The Hall–Kier alpha value is -1.09. The average Bonchev–Trinajstić information content (AvgIpc) is 2.41. The fourth-order valence-corrected chi connectivity index (χ4v) is 4.92. The molecule has 3 atom stereocenters. The second-order valence-corrected chi connectivity index (χ2v) is 7.89. The molecule has 4 bridgehead atoms. The van der Waals surface area contributed by atoms with Crippen molar-refractivity contribution in [3.63, 3.8) is 0 Å². The molecule has 0 saturated heterocycles. The van der Waals surface area contributed by atoms with Crippen LogP contribution in [0, 0.1) is 17.8 Å². The van der Waals surface area contributed by atoms with Gasteiger partial charge in [-0.05, 0) is 38.0 Å². The quantitative estimate of drug-likeness (QED) is 0.613. The fraction of sp³-hybridized carbons (Fsp3) is 0.857. The standard InChI is InChI=1S/C14H18F2O6S/c1-7(17)21-11-9-2-8-3-10(11)6-13(4-8,5-9)22-12(18)14(15,16)23(19)20/h8-11H,2-6H2,1H3,(H,19,20). The molecule has 4 saturated carbocycles. The van der Waals surface area contributed by atoms with Crippen LogP contribution in [0.4, 0.5) is 8.78 Å². The van der Waals surface area contributed by atoms with Gasteiger partial charge in [-0.2, -0.15) is 8.78 Å². The molecular weight excluding hydrogens is 334 g/mol. The van der Waals surface area contributed by atoms with Gasteiger partial charge in [-0.1, -0.05) is 0 Å². The third-order valence-electron chi connectivity index (χ3n) is 5.20. The van der Waals surface area contributed by atoms with Crippen molar-refractivity contribution in [2.45, 2.75) is 56.0 Å². The molecule has 9 heteroatoms. The van der Waals surface area contributed by atoms with Gasteiger partial charge in [0.2, 0.25) is 11.1 Å². The Morgan fingerprint density at radius 2 is 1.78 bits per heavy atom. The van der Waals surface area contributed by atoms with Gasteiger partial charge in [0.25, 0.3) is 0 Å². The molecule has 4 rings (SSSR count). The molecule has 130 valence electrons. The summed E-state index contributed by atoms with van der Waals surface area (Å²) >= 11 is -3.61. The maximum atomic E-state index is 13.4. The van der Waals surface area contributed by atoms with Crippen LogP contribution in [0.3, 0.4) is 0 Å². The Labute approximate surface area is 134 Å². The van der Waals surface area contributed by atoms with E-state index in [0.717, 1.165) is 12.8 Å². The largest absolute Gasteiger partial charge is 0.462 e. The number of carbonyl (C=O) groups excluding carboxylic acids is 2. The van der Waals surface area contributed by atoms with Gasteiger partial charge in [0.05, 0.1) is 0 Å². The first-order valence-electron chi connectivity index (χ1n) is 7.52. The number of ether oxygens (including phenoxy) is 2. The van der Waals surface area contributed by atoms with Crippen LogP contribution in [-0.2, 0) is 30.1 Å². The minimum absolute atomic E-state index is 0.0220. The Morgan fingerprint density at radius 3 is 2.26 bits per heavy atom. The van der Waals surface area contributed by atoms with E-state index in [0.29, 0.717) is 19.3 Å². The molecule has 6 nitrogen and oxygen atoms in total. The summed E-state index contributed by atoms with van der Waals surface area (Å²) < 4.78 is 56.4. The second-order valence-electron chi connectivity index (χ2n) is 6.88. The zero-order valence-corrected chi connectivity index (χ0v) is 13.3. The van der Waals surface area contributed by atoms with Gasteiger partial charge in [-0.15, -0.1) is 0 Å². The van der Waals surface area contributed by atoms with Crippen molar-refractivity contribution in [2.24, 2.45) is 17.8 Å². The van der Waals surface area contributed by atoms with Gasteiger partial charge in [0, 0.05) is 18.8 Å². The molecule has 4 aliphatic rings. The van der Waals surface area contributed by atoms with E-state index >= 15 is 0 Å². The molecule has 0 aliphatic heterocycles. The van der Waals surface area contributed by atoms with Crippen LogP contribution in [-0.4, -0.2) is 37.7 Å². The lowest BCUT2D eigenvalue weighted by molar-refractivity contribution is -0.222. The van der Waals surface area contributed by atoms with Gasteiger partial charge >= 0.3 is 17.2 Å². The zero-order chi connectivity index (χ0) is 17.0. The first-order valence-corrected chi connectivity index (χ1v) is 8.63. The van der Waals surface area contributed by atoms with Gasteiger partial charge in [0.15, 0.2) is 0 Å². The van der Waals surface area contributed by atoms with Crippen LogP contribution in [0.1, 0.15) is 39.0 Å². The van der Waals surface area contributed by atoms with Crippen molar-refractivity contribution in [3.05, 3.63) is 0 Å². The number of alkyl halides is 2. The molecule has 0 radical (unpaired) electrons. The topological polar surface area (TPSA) is 89.9 Å². The summed E-state index contributed by atoms with van der Waals surface area (Å²) in [5.74, 6) is -2.14. The number of esters is 2. The molecule has 0 spiro atoms. The van der Waals surface area contributed by atoms with E-state index in [1.165, 1.54) is 6.92 Å². The van der Waals surface area contributed by atoms with Crippen LogP contribution < -0.4 is 0 Å². The summed E-state index contributed by atoms with van der Waals surface area (Å²) in [6, 6.07) is 0. The maximum Gasteiger partial charge on any atom is 0.439 e. The second kappa shape index (κ2) is 5.47. The smallest absolute Gasteiger partial charge is 0.439 e. The number of carbonyl (C=O) groups is 2. The molecule has 0 aromatic rings. The minimum atomic E-state index is -4.43. The summed E-state index contributed by atoms with van der Waals surface area (Å²) in [6.45, 7) is 1.33.